The summed E-state index contributed by atoms with van der Waals surface area (Å²) in [6.45, 7) is 8.97. The Balaban J connectivity index is 1.52. The molecular formula is C30H30N2O10S. The summed E-state index contributed by atoms with van der Waals surface area (Å²) >= 11 is 0. The van der Waals surface area contributed by atoms with Crippen molar-refractivity contribution in [3.05, 3.63) is 78.0 Å². The molecule has 2 aromatic rings. The van der Waals surface area contributed by atoms with Gasteiger partial charge >= 0.3 is 12.1 Å². The Bertz CT molecular complexity index is 1710. The van der Waals surface area contributed by atoms with Crippen LogP contribution in [-0.4, -0.2) is 78.6 Å². The van der Waals surface area contributed by atoms with Crippen LogP contribution in [0.1, 0.15) is 29.8 Å². The average molecular weight is 611 g/mol. The van der Waals surface area contributed by atoms with Crippen molar-refractivity contribution in [2.24, 2.45) is 11.8 Å². The molecule has 3 aliphatic heterocycles. The van der Waals surface area contributed by atoms with Crippen LogP contribution in [-0.2, 0) is 40.4 Å². The smallest absolute Gasteiger partial charge is 0.457 e. The summed E-state index contributed by atoms with van der Waals surface area (Å²) in [6.07, 6.45) is 0.763. The summed E-state index contributed by atoms with van der Waals surface area (Å²) in [5.41, 5.74) is 0.342. The van der Waals surface area contributed by atoms with E-state index < -0.39 is 71.1 Å². The molecule has 4 atom stereocenters. The molecule has 2 amide bonds. The van der Waals surface area contributed by atoms with E-state index in [9.17, 15) is 32.7 Å². The van der Waals surface area contributed by atoms with Gasteiger partial charge in [-0.15, -0.1) is 0 Å². The molecule has 1 N–H and O–H groups in total. The van der Waals surface area contributed by atoms with Gasteiger partial charge < -0.3 is 24.2 Å². The number of ether oxygens (including phenoxy) is 3. The van der Waals surface area contributed by atoms with Crippen LogP contribution in [0.5, 0.6) is 0 Å². The first-order chi connectivity index (χ1) is 20.5. The Hall–Kier alpha value is -4.49. The number of amides is 2. The van der Waals surface area contributed by atoms with Gasteiger partial charge in [0.2, 0.25) is 5.91 Å². The van der Waals surface area contributed by atoms with E-state index in [2.05, 4.69) is 13.2 Å². The van der Waals surface area contributed by atoms with E-state index >= 15 is 0 Å². The third-order valence-corrected chi connectivity index (χ3v) is 9.77. The third-order valence-electron chi connectivity index (χ3n) is 8.01. The maximum Gasteiger partial charge on any atom is 0.508 e. The maximum absolute atomic E-state index is 13.8. The van der Waals surface area contributed by atoms with Crippen LogP contribution in [0.15, 0.2) is 71.8 Å². The maximum atomic E-state index is 13.8. The fraction of sp³-hybridized carbons (Fsp3) is 0.333. The minimum Gasteiger partial charge on any atom is -0.457 e. The van der Waals surface area contributed by atoms with Crippen LogP contribution in [0.4, 0.5) is 4.79 Å². The van der Waals surface area contributed by atoms with Gasteiger partial charge in [0.15, 0.2) is 0 Å². The molecule has 3 aliphatic rings. The molecule has 0 aromatic heterocycles. The van der Waals surface area contributed by atoms with Gasteiger partial charge in [0, 0.05) is 5.92 Å². The number of β-lactam (4-membered cyclic amide) rings is 1. The number of hydrogen-bond donors (Lipinski definition) is 1. The highest BCUT2D eigenvalue weighted by molar-refractivity contribution is 7.90. The lowest BCUT2D eigenvalue weighted by Crippen LogP contribution is -2.64. The summed E-state index contributed by atoms with van der Waals surface area (Å²) in [5.74, 6) is -3.71. The normalized spacial score (nSPS) is 22.5. The molecule has 2 aromatic carbocycles. The third kappa shape index (κ3) is 4.68. The summed E-state index contributed by atoms with van der Waals surface area (Å²) in [5, 5.41) is 10.8. The molecule has 0 saturated carbocycles. The van der Waals surface area contributed by atoms with Crippen LogP contribution >= 0.6 is 0 Å². The molecule has 0 bridgehead atoms. The van der Waals surface area contributed by atoms with E-state index in [-0.39, 0.29) is 34.9 Å². The predicted molar refractivity (Wildman–Crippen MR) is 152 cm³/mol. The van der Waals surface area contributed by atoms with Gasteiger partial charge in [0.1, 0.15) is 29.9 Å². The zero-order valence-corrected chi connectivity index (χ0v) is 24.3. The van der Waals surface area contributed by atoms with Crippen LogP contribution in [0.3, 0.4) is 0 Å². The Kier molecular flexibility index (Phi) is 7.88. The van der Waals surface area contributed by atoms with Gasteiger partial charge in [-0.25, -0.2) is 22.3 Å². The Labute approximate surface area is 247 Å². The molecule has 12 nitrogen and oxygen atoms in total. The van der Waals surface area contributed by atoms with Crippen molar-refractivity contribution in [1.29, 1.82) is 0 Å². The van der Waals surface area contributed by atoms with E-state index in [1.807, 2.05) is 0 Å². The summed E-state index contributed by atoms with van der Waals surface area (Å²) in [7, 11) is -4.41. The number of rotatable bonds is 10. The summed E-state index contributed by atoms with van der Waals surface area (Å²) in [4.78, 5) is 53.4. The monoisotopic (exact) mass is 610 g/mol. The lowest BCUT2D eigenvalue weighted by molar-refractivity contribution is -0.164. The van der Waals surface area contributed by atoms with Gasteiger partial charge in [-0.3, -0.25) is 9.59 Å². The molecule has 4 unspecified atom stereocenters. The van der Waals surface area contributed by atoms with Crippen molar-refractivity contribution in [3.63, 3.8) is 0 Å². The standard InChI is InChI=1S/C30H30N2O10S/c1-5-11-40-29(36)26-21(16(3)25-23(28(35)32(25)26)17(4)42-30(37)41-12-6-2)14-31-27(34)24-20-10-8-7-9-19(20)18(15-33)13-22(24)43(31,38)39/h5-10,13,16-17,23,25,33H,1-2,11-12,14-15H2,3-4H3. The Morgan fingerprint density at radius 2 is 1.74 bits per heavy atom. The highest BCUT2D eigenvalue weighted by Gasteiger charge is 2.61. The van der Waals surface area contributed by atoms with Gasteiger partial charge in [-0.1, -0.05) is 56.5 Å². The second kappa shape index (κ2) is 11.3. The van der Waals surface area contributed by atoms with Crippen molar-refractivity contribution in [2.75, 3.05) is 19.8 Å². The number of carbonyl (C=O) groups excluding carboxylic acids is 4. The first-order valence-corrected chi connectivity index (χ1v) is 14.9. The van der Waals surface area contributed by atoms with Crippen LogP contribution in [0.25, 0.3) is 10.8 Å². The van der Waals surface area contributed by atoms with E-state index in [4.69, 9.17) is 14.2 Å². The van der Waals surface area contributed by atoms with Crippen LogP contribution in [0, 0.1) is 11.8 Å². The first kappa shape index (κ1) is 30.0. The van der Waals surface area contributed by atoms with Crippen molar-refractivity contribution in [1.82, 2.24) is 9.21 Å². The molecule has 226 valence electrons. The first-order valence-electron chi connectivity index (χ1n) is 13.5. The zero-order valence-electron chi connectivity index (χ0n) is 23.5. The van der Waals surface area contributed by atoms with Gasteiger partial charge in [0.25, 0.3) is 15.9 Å². The lowest BCUT2D eigenvalue weighted by Gasteiger charge is -2.47. The average Bonchev–Trinajstić information content (AvgIpc) is 3.34. The summed E-state index contributed by atoms with van der Waals surface area (Å²) < 4.78 is 43.6. The largest absolute Gasteiger partial charge is 0.508 e. The molecule has 0 spiro atoms. The van der Waals surface area contributed by atoms with Crippen molar-refractivity contribution >= 4 is 44.7 Å². The number of nitrogens with zero attached hydrogens (tertiary/aromatic N) is 2. The fourth-order valence-corrected chi connectivity index (χ4v) is 7.66. The quantitative estimate of drug-likeness (QED) is 0.241. The number of benzene rings is 2. The van der Waals surface area contributed by atoms with Crippen molar-refractivity contribution in [3.8, 4) is 0 Å². The molecule has 13 heteroatoms. The van der Waals surface area contributed by atoms with E-state index in [1.54, 1.807) is 31.2 Å². The number of sulfonamides is 1. The molecule has 0 aliphatic carbocycles. The topological polar surface area (TPSA) is 157 Å². The highest BCUT2D eigenvalue weighted by atomic mass is 32.2. The molecule has 1 fully saturated rings. The molecule has 0 radical (unpaired) electrons. The van der Waals surface area contributed by atoms with E-state index in [0.717, 1.165) is 0 Å². The van der Waals surface area contributed by atoms with Crippen molar-refractivity contribution in [2.45, 2.75) is 37.5 Å². The molecule has 5 rings (SSSR count). The minimum atomic E-state index is -4.41. The molecular weight excluding hydrogens is 580 g/mol. The zero-order chi connectivity index (χ0) is 31.2. The number of aliphatic hydroxyl groups is 1. The van der Waals surface area contributed by atoms with E-state index in [0.29, 0.717) is 20.6 Å². The van der Waals surface area contributed by atoms with Gasteiger partial charge in [0.05, 0.1) is 30.7 Å². The van der Waals surface area contributed by atoms with E-state index in [1.165, 1.54) is 30.0 Å². The van der Waals surface area contributed by atoms with Crippen LogP contribution in [0.2, 0.25) is 0 Å². The SMILES string of the molecule is C=CCOC(=O)OC(C)C1C(=O)N2C(C(=O)OCC=C)=C(CN3C(=O)c4c(cc(CO)c5ccccc45)S3(=O)=O)C(C)C12. The van der Waals surface area contributed by atoms with Crippen molar-refractivity contribution < 1.29 is 46.9 Å². The molecule has 3 heterocycles. The molecule has 1 saturated heterocycles. The van der Waals surface area contributed by atoms with Crippen LogP contribution < -0.4 is 0 Å². The highest BCUT2D eigenvalue weighted by Crippen LogP contribution is 2.49. The predicted octanol–water partition coefficient (Wildman–Crippen LogP) is 2.66. The molecule has 43 heavy (non-hydrogen) atoms. The second-order valence-corrected chi connectivity index (χ2v) is 12.2. The fourth-order valence-electron chi connectivity index (χ4n) is 6.06. The van der Waals surface area contributed by atoms with Gasteiger partial charge in [-0.2, -0.15) is 0 Å². The Morgan fingerprint density at radius 1 is 1.09 bits per heavy atom. The second-order valence-electron chi connectivity index (χ2n) is 10.4. The number of esters is 1. The summed E-state index contributed by atoms with van der Waals surface area (Å²) in [6, 6.07) is 7.28. The van der Waals surface area contributed by atoms with Gasteiger partial charge in [-0.05, 0) is 34.9 Å². The number of aliphatic hydroxyl groups excluding tert-OH is 1. The minimum absolute atomic E-state index is 0.0351. The number of hydrogen-bond acceptors (Lipinski definition) is 10. The number of carbonyl (C=O) groups is 4. The Morgan fingerprint density at radius 3 is 2.40 bits per heavy atom. The lowest BCUT2D eigenvalue weighted by atomic mass is 9.77. The number of fused-ring (bicyclic) bond motifs is 4.